The summed E-state index contributed by atoms with van der Waals surface area (Å²) < 4.78 is 7.42. The normalized spacial score (nSPS) is 20.1. The van der Waals surface area contributed by atoms with Crippen molar-refractivity contribution in [1.82, 2.24) is 9.78 Å². The Balaban J connectivity index is 1.33. The second-order valence-electron chi connectivity index (χ2n) is 6.78. The molecule has 0 aliphatic carbocycles. The van der Waals surface area contributed by atoms with Crippen molar-refractivity contribution in [3.63, 3.8) is 0 Å². The zero-order valence-electron chi connectivity index (χ0n) is 14.9. The number of carbonyl (C=O) groups is 2. The third-order valence-electron chi connectivity index (χ3n) is 5.07. The SMILES string of the molecule is O=C1CC[C@]2(C(=O)OCc3ccc(-n4cccn4)cc3)Sc3ccccc3N12. The Kier molecular flexibility index (Phi) is 3.98. The molecule has 1 atom stereocenters. The largest absolute Gasteiger partial charge is 0.458 e. The number of ether oxygens (including phenoxy) is 1. The van der Waals surface area contributed by atoms with Crippen LogP contribution in [0.15, 0.2) is 71.9 Å². The van der Waals surface area contributed by atoms with Gasteiger partial charge in [0, 0.05) is 30.1 Å². The van der Waals surface area contributed by atoms with Crippen molar-refractivity contribution >= 4 is 29.3 Å². The minimum absolute atomic E-state index is 0.0297. The summed E-state index contributed by atoms with van der Waals surface area (Å²) >= 11 is 1.42. The van der Waals surface area contributed by atoms with Crippen LogP contribution in [0.3, 0.4) is 0 Å². The van der Waals surface area contributed by atoms with Gasteiger partial charge in [0.05, 0.1) is 11.4 Å². The topological polar surface area (TPSA) is 64.4 Å². The molecule has 6 nitrogen and oxygen atoms in total. The summed E-state index contributed by atoms with van der Waals surface area (Å²) in [5, 5.41) is 4.20. The lowest BCUT2D eigenvalue weighted by Crippen LogP contribution is -2.47. The van der Waals surface area contributed by atoms with Gasteiger partial charge in [0.15, 0.2) is 4.87 Å². The smallest absolute Gasteiger partial charge is 0.343 e. The number of rotatable bonds is 4. The van der Waals surface area contributed by atoms with Crippen molar-refractivity contribution < 1.29 is 14.3 Å². The lowest BCUT2D eigenvalue weighted by Gasteiger charge is -2.28. The molecule has 0 spiro atoms. The highest BCUT2D eigenvalue weighted by molar-refractivity contribution is 8.02. The number of nitrogens with zero attached hydrogens (tertiary/aromatic N) is 3. The highest BCUT2D eigenvalue weighted by Crippen LogP contribution is 2.56. The quantitative estimate of drug-likeness (QED) is 0.637. The molecular formula is C21H17N3O3S. The van der Waals surface area contributed by atoms with Crippen LogP contribution in [0.25, 0.3) is 5.69 Å². The summed E-state index contributed by atoms with van der Waals surface area (Å²) in [7, 11) is 0. The Morgan fingerprint density at radius 3 is 2.75 bits per heavy atom. The first-order valence-corrected chi connectivity index (χ1v) is 9.86. The van der Waals surface area contributed by atoms with E-state index in [2.05, 4.69) is 5.10 Å². The Hall–Kier alpha value is -3.06. The second kappa shape index (κ2) is 6.53. The molecule has 2 aliphatic heterocycles. The van der Waals surface area contributed by atoms with E-state index in [4.69, 9.17) is 4.74 Å². The van der Waals surface area contributed by atoms with E-state index in [1.54, 1.807) is 15.8 Å². The van der Waals surface area contributed by atoms with Crippen molar-refractivity contribution in [2.24, 2.45) is 0 Å². The summed E-state index contributed by atoms with van der Waals surface area (Å²) in [5.74, 6) is -0.395. The van der Waals surface area contributed by atoms with Crippen LogP contribution < -0.4 is 4.90 Å². The van der Waals surface area contributed by atoms with Gasteiger partial charge in [0.1, 0.15) is 6.61 Å². The maximum Gasteiger partial charge on any atom is 0.343 e. The van der Waals surface area contributed by atoms with Crippen LogP contribution in [0, 0.1) is 0 Å². The van der Waals surface area contributed by atoms with E-state index < -0.39 is 4.87 Å². The molecule has 2 aromatic carbocycles. The molecule has 1 fully saturated rings. The molecule has 3 aromatic rings. The minimum Gasteiger partial charge on any atom is -0.458 e. The van der Waals surface area contributed by atoms with Gasteiger partial charge in [0.2, 0.25) is 5.91 Å². The van der Waals surface area contributed by atoms with E-state index in [0.717, 1.165) is 21.8 Å². The number of aromatic nitrogens is 2. The van der Waals surface area contributed by atoms with Gasteiger partial charge in [-0.05, 0) is 35.9 Å². The minimum atomic E-state index is -0.976. The van der Waals surface area contributed by atoms with E-state index in [1.165, 1.54) is 11.8 Å². The summed E-state index contributed by atoms with van der Waals surface area (Å²) in [6.07, 6.45) is 4.41. The van der Waals surface area contributed by atoms with Crippen LogP contribution in [-0.4, -0.2) is 26.5 Å². The molecule has 2 aliphatic rings. The molecule has 140 valence electrons. The number of fused-ring (bicyclic) bond motifs is 3. The highest BCUT2D eigenvalue weighted by Gasteiger charge is 2.58. The van der Waals surface area contributed by atoms with Gasteiger partial charge in [-0.2, -0.15) is 5.10 Å². The number of anilines is 1. The van der Waals surface area contributed by atoms with Crippen LogP contribution in [0.5, 0.6) is 0 Å². The van der Waals surface area contributed by atoms with E-state index >= 15 is 0 Å². The van der Waals surface area contributed by atoms with Crippen molar-refractivity contribution in [2.75, 3.05) is 4.90 Å². The molecule has 0 bridgehead atoms. The van der Waals surface area contributed by atoms with Crippen LogP contribution in [-0.2, 0) is 20.9 Å². The van der Waals surface area contributed by atoms with Gasteiger partial charge < -0.3 is 4.74 Å². The lowest BCUT2D eigenvalue weighted by atomic mass is 10.2. The Bertz CT molecular complexity index is 1050. The number of thioether (sulfide) groups is 1. The molecule has 0 radical (unpaired) electrons. The molecule has 0 unspecified atom stereocenters. The average molecular weight is 391 g/mol. The second-order valence-corrected chi connectivity index (χ2v) is 8.10. The molecule has 1 saturated heterocycles. The van der Waals surface area contributed by atoms with Gasteiger partial charge in [-0.25, -0.2) is 9.48 Å². The standard InChI is InChI=1S/C21H17N3O3S/c25-19-10-11-21(24(19)17-4-1-2-5-18(17)28-21)20(26)27-14-15-6-8-16(9-7-15)23-13-3-12-22-23/h1-9,12-13H,10-11,14H2/t21-/m1/s1. The van der Waals surface area contributed by atoms with Crippen LogP contribution in [0.2, 0.25) is 0 Å². The van der Waals surface area contributed by atoms with Crippen molar-refractivity contribution in [3.05, 3.63) is 72.6 Å². The van der Waals surface area contributed by atoms with Gasteiger partial charge >= 0.3 is 5.97 Å². The zero-order chi connectivity index (χ0) is 19.1. The van der Waals surface area contributed by atoms with Gasteiger partial charge in [-0.1, -0.05) is 36.0 Å². The number of esters is 1. The van der Waals surface area contributed by atoms with E-state index in [-0.39, 0.29) is 18.5 Å². The fourth-order valence-corrected chi connectivity index (χ4v) is 5.11. The Morgan fingerprint density at radius 2 is 1.96 bits per heavy atom. The number of amides is 1. The van der Waals surface area contributed by atoms with Crippen LogP contribution >= 0.6 is 11.8 Å². The van der Waals surface area contributed by atoms with E-state index in [0.29, 0.717) is 12.8 Å². The number of hydrogen-bond acceptors (Lipinski definition) is 5. The third kappa shape index (κ3) is 2.62. The predicted octanol–water partition coefficient (Wildman–Crippen LogP) is 3.54. The maximum atomic E-state index is 13.0. The average Bonchev–Trinajstić information content (AvgIpc) is 3.43. The first kappa shape index (κ1) is 17.1. The van der Waals surface area contributed by atoms with Crippen LogP contribution in [0.1, 0.15) is 18.4 Å². The number of carbonyl (C=O) groups excluding carboxylic acids is 2. The highest BCUT2D eigenvalue weighted by atomic mass is 32.2. The number of hydrogen-bond donors (Lipinski definition) is 0. The molecular weight excluding hydrogens is 374 g/mol. The Morgan fingerprint density at radius 1 is 1.14 bits per heavy atom. The first-order valence-electron chi connectivity index (χ1n) is 9.05. The molecule has 7 heteroatoms. The Labute approximate surface area is 166 Å². The monoisotopic (exact) mass is 391 g/mol. The fourth-order valence-electron chi connectivity index (χ4n) is 3.70. The summed E-state index contributed by atoms with van der Waals surface area (Å²) in [6.45, 7) is 0.166. The summed E-state index contributed by atoms with van der Waals surface area (Å²) in [4.78, 5) is 27.1. The van der Waals surface area contributed by atoms with Crippen molar-refractivity contribution in [2.45, 2.75) is 29.2 Å². The van der Waals surface area contributed by atoms with E-state index in [1.807, 2.05) is 60.8 Å². The predicted molar refractivity (Wildman–Crippen MR) is 105 cm³/mol. The number of benzene rings is 2. The zero-order valence-corrected chi connectivity index (χ0v) is 15.8. The number of para-hydroxylation sites is 1. The maximum absolute atomic E-state index is 13.0. The van der Waals surface area contributed by atoms with Crippen molar-refractivity contribution in [3.8, 4) is 5.69 Å². The molecule has 0 N–H and O–H groups in total. The van der Waals surface area contributed by atoms with E-state index in [9.17, 15) is 9.59 Å². The van der Waals surface area contributed by atoms with Gasteiger partial charge in [-0.3, -0.25) is 9.69 Å². The van der Waals surface area contributed by atoms with Gasteiger partial charge in [-0.15, -0.1) is 0 Å². The molecule has 5 rings (SSSR count). The van der Waals surface area contributed by atoms with Crippen LogP contribution in [0.4, 0.5) is 5.69 Å². The lowest BCUT2D eigenvalue weighted by molar-refractivity contribution is -0.148. The fraction of sp³-hybridized carbons (Fsp3) is 0.190. The molecule has 3 heterocycles. The summed E-state index contributed by atoms with van der Waals surface area (Å²) in [6, 6.07) is 17.2. The molecule has 1 amide bonds. The van der Waals surface area contributed by atoms with Gasteiger partial charge in [0.25, 0.3) is 0 Å². The third-order valence-corrected chi connectivity index (χ3v) is 6.52. The van der Waals surface area contributed by atoms with Crippen molar-refractivity contribution in [1.29, 1.82) is 0 Å². The molecule has 0 saturated carbocycles. The molecule has 28 heavy (non-hydrogen) atoms. The molecule has 1 aromatic heterocycles. The first-order chi connectivity index (χ1) is 13.7. The summed E-state index contributed by atoms with van der Waals surface area (Å²) in [5.41, 5.74) is 2.63.